The molecule has 0 aromatic carbocycles. The second-order valence-electron chi connectivity index (χ2n) is 4.69. The van der Waals surface area contributed by atoms with Crippen molar-refractivity contribution >= 4 is 5.78 Å². The van der Waals surface area contributed by atoms with Gasteiger partial charge in [0.2, 0.25) is 0 Å². The summed E-state index contributed by atoms with van der Waals surface area (Å²) in [5.74, 6) is 1.30. The molecule has 1 aliphatic heterocycles. The van der Waals surface area contributed by atoms with Crippen molar-refractivity contribution in [2.24, 2.45) is 5.92 Å². The van der Waals surface area contributed by atoms with Crippen LogP contribution < -0.4 is 0 Å². The first-order valence-electron chi connectivity index (χ1n) is 5.99. The number of carbonyl (C=O) groups is 1. The van der Waals surface area contributed by atoms with E-state index in [1.54, 1.807) is 6.26 Å². The van der Waals surface area contributed by atoms with Crippen LogP contribution in [0.1, 0.15) is 17.7 Å². The molecule has 1 atom stereocenters. The molecular formula is C13H19NO3. The minimum Gasteiger partial charge on any atom is -0.469 e. The Morgan fingerprint density at radius 3 is 3.00 bits per heavy atom. The average molecular weight is 237 g/mol. The van der Waals surface area contributed by atoms with Gasteiger partial charge >= 0.3 is 0 Å². The van der Waals surface area contributed by atoms with Gasteiger partial charge in [0, 0.05) is 25.1 Å². The molecule has 17 heavy (non-hydrogen) atoms. The quantitative estimate of drug-likeness (QED) is 0.798. The zero-order valence-corrected chi connectivity index (χ0v) is 10.4. The highest BCUT2D eigenvalue weighted by Gasteiger charge is 2.24. The summed E-state index contributed by atoms with van der Waals surface area (Å²) in [6.45, 7) is 4.67. The first-order valence-corrected chi connectivity index (χ1v) is 5.99. The predicted molar refractivity (Wildman–Crippen MR) is 63.7 cm³/mol. The van der Waals surface area contributed by atoms with Crippen molar-refractivity contribution in [3.05, 3.63) is 23.7 Å². The van der Waals surface area contributed by atoms with Gasteiger partial charge in [-0.1, -0.05) is 0 Å². The van der Waals surface area contributed by atoms with E-state index in [1.165, 1.54) is 5.56 Å². The van der Waals surface area contributed by atoms with Gasteiger partial charge in [-0.3, -0.25) is 4.79 Å². The van der Waals surface area contributed by atoms with Crippen molar-refractivity contribution in [1.29, 1.82) is 0 Å². The standard InChI is InChI=1S/C13H19NO3/c1-10-11(3-6-17-10)7-14(2)8-12-9-16-5-4-13(12)15/h3,6,12H,4-5,7-9H2,1-2H3. The summed E-state index contributed by atoms with van der Waals surface area (Å²) in [6.07, 6.45) is 2.26. The third-order valence-electron chi connectivity index (χ3n) is 3.21. The fraction of sp³-hybridized carbons (Fsp3) is 0.615. The summed E-state index contributed by atoms with van der Waals surface area (Å²) < 4.78 is 10.6. The molecule has 2 heterocycles. The molecule has 1 fully saturated rings. The van der Waals surface area contributed by atoms with Gasteiger partial charge in [0.05, 0.1) is 25.4 Å². The van der Waals surface area contributed by atoms with E-state index in [0.717, 1.165) is 18.8 Å². The van der Waals surface area contributed by atoms with Gasteiger partial charge < -0.3 is 14.1 Å². The van der Waals surface area contributed by atoms with E-state index in [2.05, 4.69) is 4.90 Å². The number of ketones is 1. The smallest absolute Gasteiger partial charge is 0.141 e. The molecule has 4 heteroatoms. The van der Waals surface area contributed by atoms with Crippen molar-refractivity contribution in [3.8, 4) is 0 Å². The lowest BCUT2D eigenvalue weighted by atomic mass is 10.00. The van der Waals surface area contributed by atoms with Crippen LogP contribution in [0.5, 0.6) is 0 Å². The van der Waals surface area contributed by atoms with Crippen molar-refractivity contribution in [2.75, 3.05) is 26.8 Å². The molecule has 1 aromatic rings. The molecule has 0 radical (unpaired) electrons. The van der Waals surface area contributed by atoms with E-state index in [1.807, 2.05) is 20.0 Å². The first kappa shape index (κ1) is 12.3. The highest BCUT2D eigenvalue weighted by molar-refractivity contribution is 5.82. The van der Waals surface area contributed by atoms with Crippen LogP contribution >= 0.6 is 0 Å². The topological polar surface area (TPSA) is 42.7 Å². The summed E-state index contributed by atoms with van der Waals surface area (Å²) in [5, 5.41) is 0. The number of ether oxygens (including phenoxy) is 1. The van der Waals surface area contributed by atoms with Crippen molar-refractivity contribution in [3.63, 3.8) is 0 Å². The summed E-state index contributed by atoms with van der Waals surface area (Å²) in [6, 6.07) is 1.98. The number of hydrogen-bond acceptors (Lipinski definition) is 4. The van der Waals surface area contributed by atoms with Crippen LogP contribution in [-0.4, -0.2) is 37.5 Å². The summed E-state index contributed by atoms with van der Waals surface area (Å²) >= 11 is 0. The zero-order valence-electron chi connectivity index (χ0n) is 10.4. The minimum absolute atomic E-state index is 0.0287. The molecule has 0 bridgehead atoms. The number of aryl methyl sites for hydroxylation is 1. The lowest BCUT2D eigenvalue weighted by Gasteiger charge is -2.25. The Morgan fingerprint density at radius 1 is 1.53 bits per heavy atom. The Kier molecular flexibility index (Phi) is 3.97. The zero-order chi connectivity index (χ0) is 12.3. The molecule has 1 aromatic heterocycles. The molecule has 4 nitrogen and oxygen atoms in total. The van der Waals surface area contributed by atoms with Crippen molar-refractivity contribution in [2.45, 2.75) is 19.9 Å². The second-order valence-corrected chi connectivity index (χ2v) is 4.69. The summed E-state index contributed by atoms with van der Waals surface area (Å²) in [5.41, 5.74) is 1.18. The Labute approximate surface area is 102 Å². The Balaban J connectivity index is 1.86. The van der Waals surface area contributed by atoms with Crippen molar-refractivity contribution in [1.82, 2.24) is 4.90 Å². The number of furan rings is 1. The van der Waals surface area contributed by atoms with Crippen LogP contribution in [0.4, 0.5) is 0 Å². The molecule has 1 unspecified atom stereocenters. The van der Waals surface area contributed by atoms with E-state index >= 15 is 0 Å². The molecule has 1 aliphatic rings. The number of Topliss-reactive ketones (excluding diaryl/α,β-unsaturated/α-hetero) is 1. The minimum atomic E-state index is 0.0287. The number of hydrogen-bond donors (Lipinski definition) is 0. The third-order valence-corrected chi connectivity index (χ3v) is 3.21. The maximum atomic E-state index is 11.7. The van der Waals surface area contributed by atoms with Crippen molar-refractivity contribution < 1.29 is 13.9 Å². The number of rotatable bonds is 4. The first-order chi connectivity index (χ1) is 8.16. The molecule has 0 spiro atoms. The van der Waals surface area contributed by atoms with Crippen LogP contribution in [-0.2, 0) is 16.1 Å². The third kappa shape index (κ3) is 3.17. The van der Waals surface area contributed by atoms with Gasteiger partial charge in [-0.05, 0) is 20.0 Å². The lowest BCUT2D eigenvalue weighted by molar-refractivity contribution is -0.131. The molecule has 1 saturated heterocycles. The van der Waals surface area contributed by atoms with E-state index in [-0.39, 0.29) is 5.92 Å². The van der Waals surface area contributed by atoms with Gasteiger partial charge in [0.1, 0.15) is 11.5 Å². The fourth-order valence-corrected chi connectivity index (χ4v) is 2.16. The van der Waals surface area contributed by atoms with E-state index in [4.69, 9.17) is 9.15 Å². The molecule has 0 amide bonds. The SMILES string of the molecule is Cc1occc1CN(C)CC1COCCC1=O. The monoisotopic (exact) mass is 237 g/mol. The maximum Gasteiger partial charge on any atom is 0.141 e. The normalized spacial score (nSPS) is 21.1. The number of carbonyl (C=O) groups excluding carboxylic acids is 1. The number of nitrogens with zero attached hydrogens (tertiary/aromatic N) is 1. The molecule has 0 saturated carbocycles. The average Bonchev–Trinajstić information content (AvgIpc) is 2.68. The van der Waals surface area contributed by atoms with Crippen LogP contribution in [0.15, 0.2) is 16.7 Å². The molecule has 94 valence electrons. The van der Waals surface area contributed by atoms with E-state index in [0.29, 0.717) is 25.4 Å². The second kappa shape index (κ2) is 5.47. The predicted octanol–water partition coefficient (Wildman–Crippen LogP) is 1.63. The Hall–Kier alpha value is -1.13. The Bertz CT molecular complexity index is 386. The largest absolute Gasteiger partial charge is 0.469 e. The van der Waals surface area contributed by atoms with E-state index in [9.17, 15) is 4.79 Å². The summed E-state index contributed by atoms with van der Waals surface area (Å²) in [4.78, 5) is 13.8. The van der Waals surface area contributed by atoms with Gasteiger partial charge in [-0.15, -0.1) is 0 Å². The van der Waals surface area contributed by atoms with Crippen LogP contribution in [0, 0.1) is 12.8 Å². The molecule has 0 N–H and O–H groups in total. The van der Waals surface area contributed by atoms with Gasteiger partial charge in [-0.25, -0.2) is 0 Å². The van der Waals surface area contributed by atoms with Gasteiger partial charge in [-0.2, -0.15) is 0 Å². The maximum absolute atomic E-state index is 11.7. The van der Waals surface area contributed by atoms with Crippen LogP contribution in [0.2, 0.25) is 0 Å². The van der Waals surface area contributed by atoms with E-state index < -0.39 is 0 Å². The van der Waals surface area contributed by atoms with Gasteiger partial charge in [0.15, 0.2) is 0 Å². The van der Waals surface area contributed by atoms with Gasteiger partial charge in [0.25, 0.3) is 0 Å². The molecule has 2 rings (SSSR count). The molecular weight excluding hydrogens is 218 g/mol. The van der Waals surface area contributed by atoms with Crippen LogP contribution in [0.3, 0.4) is 0 Å². The Morgan fingerprint density at radius 2 is 2.35 bits per heavy atom. The van der Waals surface area contributed by atoms with Crippen LogP contribution in [0.25, 0.3) is 0 Å². The highest BCUT2D eigenvalue weighted by Crippen LogP contribution is 2.15. The highest BCUT2D eigenvalue weighted by atomic mass is 16.5. The molecule has 0 aliphatic carbocycles. The summed E-state index contributed by atoms with van der Waals surface area (Å²) in [7, 11) is 2.02. The lowest BCUT2D eigenvalue weighted by Crippen LogP contribution is -2.36. The fourth-order valence-electron chi connectivity index (χ4n) is 2.16.